The van der Waals surface area contributed by atoms with Gasteiger partial charge in [0.1, 0.15) is 5.75 Å². The topological polar surface area (TPSA) is 71.7 Å². The van der Waals surface area contributed by atoms with Crippen molar-refractivity contribution in [2.75, 3.05) is 33.3 Å². The summed E-state index contributed by atoms with van der Waals surface area (Å²) in [5.41, 5.74) is 3.10. The van der Waals surface area contributed by atoms with Crippen molar-refractivity contribution >= 4 is 12.0 Å². The van der Waals surface area contributed by atoms with Gasteiger partial charge in [-0.05, 0) is 30.7 Å². The molecule has 1 saturated heterocycles. The molecular formula is C24H26N4O3. The molecule has 0 N–H and O–H groups in total. The second kappa shape index (κ2) is 9.57. The van der Waals surface area contributed by atoms with E-state index in [-0.39, 0.29) is 5.91 Å². The third-order valence-electron chi connectivity index (χ3n) is 5.35. The standard InChI is InChI=1S/C24H26N4O3/c1-18-3-8-20(9-4-18)24-25-22(31-26-24)17-27-13-15-28(16-14-27)23(29)12-7-19-5-10-21(30-2)11-6-19/h3-12H,13-17H2,1-2H3/b12-7+. The molecule has 2 heterocycles. The Balaban J connectivity index is 1.27. The molecule has 1 aromatic heterocycles. The number of rotatable bonds is 6. The Morgan fingerprint density at radius 3 is 2.45 bits per heavy atom. The number of piperazine rings is 1. The van der Waals surface area contributed by atoms with Gasteiger partial charge in [-0.25, -0.2) is 0 Å². The van der Waals surface area contributed by atoms with Crippen LogP contribution in [-0.2, 0) is 11.3 Å². The van der Waals surface area contributed by atoms with Crippen LogP contribution < -0.4 is 4.74 Å². The number of amides is 1. The second-order valence-corrected chi connectivity index (χ2v) is 7.59. The largest absolute Gasteiger partial charge is 0.497 e. The first-order chi connectivity index (χ1) is 15.1. The minimum Gasteiger partial charge on any atom is -0.497 e. The maximum Gasteiger partial charge on any atom is 0.246 e. The Morgan fingerprint density at radius 1 is 1.06 bits per heavy atom. The van der Waals surface area contributed by atoms with Crippen molar-refractivity contribution in [3.63, 3.8) is 0 Å². The van der Waals surface area contributed by atoms with Crippen LogP contribution in [0.15, 0.2) is 59.1 Å². The fraction of sp³-hybridized carbons (Fsp3) is 0.292. The molecule has 1 aliphatic rings. The summed E-state index contributed by atoms with van der Waals surface area (Å²) >= 11 is 0. The van der Waals surface area contributed by atoms with E-state index in [2.05, 4.69) is 15.0 Å². The molecule has 31 heavy (non-hydrogen) atoms. The normalized spacial score (nSPS) is 14.8. The Hall–Kier alpha value is -3.45. The number of nitrogens with zero attached hydrogens (tertiary/aromatic N) is 4. The van der Waals surface area contributed by atoms with E-state index in [4.69, 9.17) is 9.26 Å². The van der Waals surface area contributed by atoms with Gasteiger partial charge in [0.2, 0.25) is 17.6 Å². The molecule has 0 unspecified atom stereocenters. The molecule has 0 spiro atoms. The van der Waals surface area contributed by atoms with Crippen molar-refractivity contribution in [2.45, 2.75) is 13.5 Å². The first-order valence-corrected chi connectivity index (χ1v) is 10.3. The van der Waals surface area contributed by atoms with Gasteiger partial charge in [0.25, 0.3) is 0 Å². The first kappa shape index (κ1) is 20.8. The lowest BCUT2D eigenvalue weighted by Crippen LogP contribution is -2.47. The molecule has 1 amide bonds. The van der Waals surface area contributed by atoms with Gasteiger partial charge in [0.05, 0.1) is 13.7 Å². The molecule has 1 aliphatic heterocycles. The van der Waals surface area contributed by atoms with E-state index in [1.54, 1.807) is 13.2 Å². The summed E-state index contributed by atoms with van der Waals surface area (Å²) in [4.78, 5) is 21.1. The summed E-state index contributed by atoms with van der Waals surface area (Å²) < 4.78 is 10.6. The molecule has 0 atom stereocenters. The highest BCUT2D eigenvalue weighted by atomic mass is 16.5. The predicted octanol–water partition coefficient (Wildman–Crippen LogP) is 3.41. The lowest BCUT2D eigenvalue weighted by atomic mass is 10.1. The summed E-state index contributed by atoms with van der Waals surface area (Å²) in [6.45, 7) is 5.51. The third-order valence-corrected chi connectivity index (χ3v) is 5.35. The molecule has 4 rings (SSSR count). The Kier molecular flexibility index (Phi) is 6.43. The molecule has 1 fully saturated rings. The summed E-state index contributed by atoms with van der Waals surface area (Å²) in [5, 5.41) is 4.09. The number of carbonyl (C=O) groups is 1. The molecule has 0 aliphatic carbocycles. The van der Waals surface area contributed by atoms with Gasteiger partial charge in [-0.15, -0.1) is 0 Å². The summed E-state index contributed by atoms with van der Waals surface area (Å²) in [6, 6.07) is 15.7. The van der Waals surface area contributed by atoms with Crippen molar-refractivity contribution in [3.8, 4) is 17.1 Å². The second-order valence-electron chi connectivity index (χ2n) is 7.59. The minimum absolute atomic E-state index is 0.0231. The fourth-order valence-electron chi connectivity index (χ4n) is 3.44. The predicted molar refractivity (Wildman–Crippen MR) is 118 cm³/mol. The number of benzene rings is 2. The molecule has 0 radical (unpaired) electrons. The fourth-order valence-corrected chi connectivity index (χ4v) is 3.44. The molecule has 7 nitrogen and oxygen atoms in total. The summed E-state index contributed by atoms with van der Waals surface area (Å²) in [5.74, 6) is 2.02. The van der Waals surface area contributed by atoms with E-state index < -0.39 is 0 Å². The van der Waals surface area contributed by atoms with Crippen molar-refractivity contribution in [2.24, 2.45) is 0 Å². The van der Waals surface area contributed by atoms with E-state index in [1.165, 1.54) is 5.56 Å². The van der Waals surface area contributed by atoms with Gasteiger partial charge in [0, 0.05) is 37.8 Å². The van der Waals surface area contributed by atoms with Crippen LogP contribution in [0.1, 0.15) is 17.0 Å². The number of carbonyl (C=O) groups excluding carboxylic acids is 1. The highest BCUT2D eigenvalue weighted by Crippen LogP contribution is 2.17. The van der Waals surface area contributed by atoms with Crippen LogP contribution in [0.3, 0.4) is 0 Å². The maximum absolute atomic E-state index is 12.5. The number of aromatic nitrogens is 2. The molecule has 160 valence electrons. The van der Waals surface area contributed by atoms with E-state index in [1.807, 2.05) is 66.4 Å². The zero-order chi connectivity index (χ0) is 21.6. The highest BCUT2D eigenvalue weighted by Gasteiger charge is 2.21. The number of hydrogen-bond acceptors (Lipinski definition) is 6. The van der Waals surface area contributed by atoms with Crippen molar-refractivity contribution in [1.82, 2.24) is 19.9 Å². The van der Waals surface area contributed by atoms with Gasteiger partial charge < -0.3 is 14.2 Å². The number of methoxy groups -OCH3 is 1. The number of hydrogen-bond donors (Lipinski definition) is 0. The van der Waals surface area contributed by atoms with Crippen LogP contribution in [0.4, 0.5) is 0 Å². The molecule has 0 bridgehead atoms. The molecular weight excluding hydrogens is 392 g/mol. The lowest BCUT2D eigenvalue weighted by molar-refractivity contribution is -0.127. The van der Waals surface area contributed by atoms with Crippen LogP contribution in [-0.4, -0.2) is 59.1 Å². The lowest BCUT2D eigenvalue weighted by Gasteiger charge is -2.33. The van der Waals surface area contributed by atoms with Crippen LogP contribution in [0.25, 0.3) is 17.5 Å². The van der Waals surface area contributed by atoms with Gasteiger partial charge in [0.15, 0.2) is 0 Å². The maximum atomic E-state index is 12.5. The summed E-state index contributed by atoms with van der Waals surface area (Å²) in [6.07, 6.45) is 3.46. The Labute approximate surface area is 181 Å². The van der Waals surface area contributed by atoms with Crippen LogP contribution in [0.5, 0.6) is 5.75 Å². The van der Waals surface area contributed by atoms with E-state index in [9.17, 15) is 4.79 Å². The molecule has 3 aromatic rings. The Morgan fingerprint density at radius 2 is 1.77 bits per heavy atom. The van der Waals surface area contributed by atoms with Gasteiger partial charge in [-0.3, -0.25) is 9.69 Å². The van der Waals surface area contributed by atoms with Crippen LogP contribution in [0, 0.1) is 6.92 Å². The number of ether oxygens (including phenoxy) is 1. The van der Waals surface area contributed by atoms with E-state index >= 15 is 0 Å². The summed E-state index contributed by atoms with van der Waals surface area (Å²) in [7, 11) is 1.63. The first-order valence-electron chi connectivity index (χ1n) is 10.3. The van der Waals surface area contributed by atoms with Crippen LogP contribution in [0.2, 0.25) is 0 Å². The minimum atomic E-state index is 0.0231. The molecule has 0 saturated carbocycles. The van der Waals surface area contributed by atoms with Gasteiger partial charge >= 0.3 is 0 Å². The van der Waals surface area contributed by atoms with Crippen LogP contribution >= 0.6 is 0 Å². The average Bonchev–Trinajstić information content (AvgIpc) is 3.27. The van der Waals surface area contributed by atoms with E-state index in [0.717, 1.165) is 30.0 Å². The zero-order valence-corrected chi connectivity index (χ0v) is 17.8. The third kappa shape index (κ3) is 5.38. The Bertz CT molecular complexity index is 1030. The molecule has 2 aromatic carbocycles. The zero-order valence-electron chi connectivity index (χ0n) is 17.8. The smallest absolute Gasteiger partial charge is 0.246 e. The van der Waals surface area contributed by atoms with Crippen molar-refractivity contribution in [1.29, 1.82) is 0 Å². The van der Waals surface area contributed by atoms with Gasteiger partial charge in [-0.1, -0.05) is 47.1 Å². The van der Waals surface area contributed by atoms with Crippen molar-refractivity contribution in [3.05, 3.63) is 71.6 Å². The van der Waals surface area contributed by atoms with Crippen molar-refractivity contribution < 1.29 is 14.1 Å². The monoisotopic (exact) mass is 418 g/mol. The van der Waals surface area contributed by atoms with Gasteiger partial charge in [-0.2, -0.15) is 4.98 Å². The SMILES string of the molecule is COc1ccc(/C=C/C(=O)N2CCN(Cc3nc(-c4ccc(C)cc4)no3)CC2)cc1. The molecule has 7 heteroatoms. The average molecular weight is 418 g/mol. The quantitative estimate of drug-likeness (QED) is 0.572. The van der Waals surface area contributed by atoms with E-state index in [0.29, 0.717) is 31.3 Å². The highest BCUT2D eigenvalue weighted by molar-refractivity contribution is 5.91. The number of aryl methyl sites for hydroxylation is 1.